The Morgan fingerprint density at radius 3 is 2.11 bits per heavy atom. The minimum Gasteiger partial charge on any atom is -0.399 e. The van der Waals surface area contributed by atoms with E-state index in [1.165, 1.54) is 0 Å². The first kappa shape index (κ1) is 14.3. The van der Waals surface area contributed by atoms with Crippen molar-refractivity contribution in [2.75, 3.05) is 5.73 Å². The van der Waals surface area contributed by atoms with Gasteiger partial charge >= 0.3 is 7.12 Å². The predicted molar refractivity (Wildman–Crippen MR) is 78.5 cm³/mol. The van der Waals surface area contributed by atoms with Gasteiger partial charge < -0.3 is 15.0 Å². The Hall–Kier alpha value is -1.07. The van der Waals surface area contributed by atoms with Gasteiger partial charge in [-0.2, -0.15) is 0 Å². The Labute approximate surface area is 115 Å². The summed E-state index contributed by atoms with van der Waals surface area (Å²) >= 11 is 0. The minimum atomic E-state index is -0.446. The van der Waals surface area contributed by atoms with Gasteiger partial charge in [0.05, 0.1) is 11.2 Å². The molecule has 1 aromatic heterocycles. The van der Waals surface area contributed by atoms with Crippen LogP contribution in [0.15, 0.2) is 12.3 Å². The van der Waals surface area contributed by atoms with E-state index in [-0.39, 0.29) is 11.2 Å². The monoisotopic (exact) mass is 262 g/mol. The first-order valence-corrected chi connectivity index (χ1v) is 6.75. The van der Waals surface area contributed by atoms with E-state index >= 15 is 0 Å². The van der Waals surface area contributed by atoms with Gasteiger partial charge in [0.25, 0.3) is 0 Å². The van der Waals surface area contributed by atoms with Crippen molar-refractivity contribution in [2.45, 2.75) is 58.7 Å². The van der Waals surface area contributed by atoms with Crippen LogP contribution in [-0.2, 0) is 9.31 Å². The topological polar surface area (TPSA) is 57.4 Å². The zero-order valence-corrected chi connectivity index (χ0v) is 12.7. The van der Waals surface area contributed by atoms with Crippen molar-refractivity contribution >= 4 is 18.3 Å². The summed E-state index contributed by atoms with van der Waals surface area (Å²) in [5, 5.41) is 0. The van der Waals surface area contributed by atoms with Crippen molar-refractivity contribution in [3.8, 4) is 0 Å². The molecular weight excluding hydrogens is 239 g/mol. The number of rotatable bonds is 2. The largest absolute Gasteiger partial charge is 0.498 e. The van der Waals surface area contributed by atoms with E-state index in [4.69, 9.17) is 15.0 Å². The van der Waals surface area contributed by atoms with Gasteiger partial charge in [-0.05, 0) is 39.7 Å². The van der Waals surface area contributed by atoms with E-state index < -0.39 is 7.12 Å². The lowest BCUT2D eigenvalue weighted by atomic mass is 9.78. The summed E-state index contributed by atoms with van der Waals surface area (Å²) < 4.78 is 12.0. The van der Waals surface area contributed by atoms with Crippen molar-refractivity contribution in [3.05, 3.63) is 18.0 Å². The number of hydrogen-bond donors (Lipinski definition) is 1. The van der Waals surface area contributed by atoms with Gasteiger partial charge in [-0.15, -0.1) is 0 Å². The van der Waals surface area contributed by atoms with Crippen LogP contribution in [0.3, 0.4) is 0 Å². The Balaban J connectivity index is 2.30. The number of nitrogens with zero attached hydrogens (tertiary/aromatic N) is 1. The predicted octanol–water partition coefficient (Wildman–Crippen LogP) is 2.09. The molecule has 1 aliphatic heterocycles. The van der Waals surface area contributed by atoms with Crippen molar-refractivity contribution in [1.82, 2.24) is 4.98 Å². The highest BCUT2D eigenvalue weighted by Crippen LogP contribution is 2.36. The Morgan fingerprint density at radius 1 is 1.16 bits per heavy atom. The second-order valence-electron chi connectivity index (χ2n) is 6.48. The summed E-state index contributed by atoms with van der Waals surface area (Å²) in [5.41, 5.74) is 7.87. The summed E-state index contributed by atoms with van der Waals surface area (Å²) in [4.78, 5) is 4.44. The average molecular weight is 262 g/mol. The van der Waals surface area contributed by atoms with Crippen molar-refractivity contribution in [3.63, 3.8) is 0 Å². The number of aromatic nitrogens is 1. The lowest BCUT2D eigenvalue weighted by molar-refractivity contribution is 0.00578. The van der Waals surface area contributed by atoms with Gasteiger partial charge in [0.1, 0.15) is 0 Å². The van der Waals surface area contributed by atoms with E-state index in [1.54, 1.807) is 6.20 Å². The van der Waals surface area contributed by atoms with E-state index in [0.29, 0.717) is 11.6 Å². The molecule has 2 rings (SSSR count). The molecule has 1 fully saturated rings. The van der Waals surface area contributed by atoms with Gasteiger partial charge in [0.15, 0.2) is 0 Å². The zero-order valence-electron chi connectivity index (χ0n) is 12.7. The molecule has 0 aliphatic carbocycles. The molecule has 5 heteroatoms. The number of hydrogen-bond acceptors (Lipinski definition) is 4. The standard InChI is InChI=1S/C14H23BN2O2/c1-9(2)12-7-11(16)10(8-17-12)15-18-13(3,4)14(5,6)19-15/h7-9H,1-6H3,(H2,16,17). The first-order valence-electron chi connectivity index (χ1n) is 6.75. The van der Waals surface area contributed by atoms with Crippen LogP contribution in [0.4, 0.5) is 5.69 Å². The van der Waals surface area contributed by atoms with Crippen LogP contribution in [0.1, 0.15) is 53.2 Å². The smallest absolute Gasteiger partial charge is 0.399 e. The second-order valence-corrected chi connectivity index (χ2v) is 6.48. The third kappa shape index (κ3) is 2.49. The maximum absolute atomic E-state index is 6.12. The molecule has 4 nitrogen and oxygen atoms in total. The molecule has 0 radical (unpaired) electrons. The van der Waals surface area contributed by atoms with Gasteiger partial charge in [-0.25, -0.2) is 0 Å². The third-order valence-corrected chi connectivity index (χ3v) is 4.09. The summed E-state index contributed by atoms with van der Waals surface area (Å²) in [5.74, 6) is 0.356. The molecule has 0 aromatic carbocycles. The highest BCUT2D eigenvalue weighted by atomic mass is 16.7. The third-order valence-electron chi connectivity index (χ3n) is 4.09. The molecule has 0 saturated carbocycles. The van der Waals surface area contributed by atoms with Gasteiger partial charge in [0.2, 0.25) is 0 Å². The number of nitrogens with two attached hydrogens (primary N) is 1. The summed E-state index contributed by atoms with van der Waals surface area (Å²) in [6, 6.07) is 1.91. The maximum Gasteiger partial charge on any atom is 0.498 e. The number of pyridine rings is 1. The molecule has 2 N–H and O–H groups in total. The van der Waals surface area contributed by atoms with E-state index in [9.17, 15) is 0 Å². The molecule has 0 bridgehead atoms. The van der Waals surface area contributed by atoms with Crippen molar-refractivity contribution < 1.29 is 9.31 Å². The van der Waals surface area contributed by atoms with E-state index in [1.807, 2.05) is 33.8 Å². The molecule has 1 aliphatic rings. The van der Waals surface area contributed by atoms with Gasteiger partial charge in [0, 0.05) is 23.0 Å². The Kier molecular flexibility index (Phi) is 3.39. The fourth-order valence-corrected chi connectivity index (χ4v) is 1.98. The molecule has 2 heterocycles. The highest BCUT2D eigenvalue weighted by molar-refractivity contribution is 6.63. The number of nitrogen functional groups attached to an aromatic ring is 1. The van der Waals surface area contributed by atoms with Gasteiger partial charge in [-0.3, -0.25) is 4.98 Å². The molecule has 1 aromatic rings. The summed E-state index contributed by atoms with van der Waals surface area (Å²) in [7, 11) is -0.446. The van der Waals surface area contributed by atoms with Crippen LogP contribution in [0, 0.1) is 0 Å². The average Bonchev–Trinajstić information content (AvgIpc) is 2.47. The molecule has 0 atom stereocenters. The fourth-order valence-electron chi connectivity index (χ4n) is 1.98. The van der Waals surface area contributed by atoms with Crippen LogP contribution in [-0.4, -0.2) is 23.3 Å². The molecule has 0 spiro atoms. The molecule has 104 valence electrons. The normalized spacial score (nSPS) is 21.1. The zero-order chi connectivity index (χ0) is 14.4. The minimum absolute atomic E-state index is 0.356. The maximum atomic E-state index is 6.12. The highest BCUT2D eigenvalue weighted by Gasteiger charge is 2.52. The van der Waals surface area contributed by atoms with Crippen molar-refractivity contribution in [1.29, 1.82) is 0 Å². The van der Waals surface area contributed by atoms with Crippen molar-refractivity contribution in [2.24, 2.45) is 0 Å². The Morgan fingerprint density at radius 2 is 1.68 bits per heavy atom. The molecule has 1 saturated heterocycles. The van der Waals surface area contributed by atoms with Crippen LogP contribution in [0.25, 0.3) is 0 Å². The SMILES string of the molecule is CC(C)c1cc(N)c(B2OC(C)(C)C(C)(C)O2)cn1. The molecular formula is C14H23BN2O2. The van der Waals surface area contributed by atoms with Gasteiger partial charge in [-0.1, -0.05) is 13.8 Å². The first-order chi connectivity index (χ1) is 8.64. The van der Waals surface area contributed by atoms with E-state index in [2.05, 4.69) is 18.8 Å². The quantitative estimate of drug-likeness (QED) is 0.829. The fraction of sp³-hybridized carbons (Fsp3) is 0.643. The van der Waals surface area contributed by atoms with Crippen LogP contribution in [0.5, 0.6) is 0 Å². The van der Waals surface area contributed by atoms with Crippen LogP contribution < -0.4 is 11.2 Å². The van der Waals surface area contributed by atoms with E-state index in [0.717, 1.165) is 11.2 Å². The van der Waals surface area contributed by atoms with Crippen LogP contribution in [0.2, 0.25) is 0 Å². The summed E-state index contributed by atoms with van der Waals surface area (Å²) in [6.07, 6.45) is 1.77. The molecule has 0 amide bonds. The summed E-state index contributed by atoms with van der Waals surface area (Å²) in [6.45, 7) is 12.3. The lowest BCUT2D eigenvalue weighted by Crippen LogP contribution is -2.41. The van der Waals surface area contributed by atoms with Crippen LogP contribution >= 0.6 is 0 Å². The molecule has 0 unspecified atom stereocenters. The number of anilines is 1. The lowest BCUT2D eigenvalue weighted by Gasteiger charge is -2.32. The molecule has 19 heavy (non-hydrogen) atoms. The Bertz CT molecular complexity index is 470. The second kappa shape index (κ2) is 4.49.